The molecule has 0 aromatic rings. The molecule has 1 rings (SSSR count). The summed E-state index contributed by atoms with van der Waals surface area (Å²) in [4.78, 5) is 0. The lowest BCUT2D eigenvalue weighted by Gasteiger charge is -2.22. The van der Waals surface area contributed by atoms with Gasteiger partial charge in [-0.2, -0.15) is 0 Å². The Labute approximate surface area is 73.5 Å². The molecular weight excluding hydrogens is 157 g/mol. The summed E-state index contributed by atoms with van der Waals surface area (Å²) in [5.41, 5.74) is 0. The van der Waals surface area contributed by atoms with Crippen LogP contribution in [0, 0.1) is 0 Å². The maximum atomic E-state index is 11.7. The molecule has 0 saturated carbocycles. The molecule has 3 heteroatoms. The molecule has 0 spiro atoms. The van der Waals surface area contributed by atoms with Gasteiger partial charge in [0.15, 0.2) is 0 Å². The summed E-state index contributed by atoms with van der Waals surface area (Å²) >= 11 is 0. The third-order valence-corrected chi connectivity index (χ3v) is 2.15. The van der Waals surface area contributed by atoms with E-state index in [1.807, 2.05) is 0 Å². The molecule has 0 amide bonds. The first-order valence-electron chi connectivity index (χ1n) is 4.80. The minimum atomic E-state index is -0.266. The van der Waals surface area contributed by atoms with Gasteiger partial charge in [-0.3, -0.25) is 4.39 Å². The number of rotatable bonds is 5. The van der Waals surface area contributed by atoms with Crippen LogP contribution in [0.15, 0.2) is 0 Å². The Hall–Kier alpha value is -0.150. The summed E-state index contributed by atoms with van der Waals surface area (Å²) in [6.45, 7) is 2.16. The van der Waals surface area contributed by atoms with Crippen LogP contribution >= 0.6 is 0 Å². The van der Waals surface area contributed by atoms with E-state index < -0.39 is 0 Å². The predicted molar refractivity (Wildman–Crippen MR) is 47.1 cm³/mol. The molecule has 12 heavy (non-hydrogen) atoms. The minimum absolute atomic E-state index is 0.266. The second-order valence-corrected chi connectivity index (χ2v) is 3.26. The average molecular weight is 175 g/mol. The molecule has 0 aliphatic carbocycles. The van der Waals surface area contributed by atoms with Gasteiger partial charge in [-0.25, -0.2) is 0 Å². The molecule has 1 N–H and O–H groups in total. The van der Waals surface area contributed by atoms with Gasteiger partial charge in [0, 0.05) is 12.6 Å². The number of alkyl halides is 1. The summed E-state index contributed by atoms with van der Waals surface area (Å²) in [5, 5.41) is 3.38. The largest absolute Gasteiger partial charge is 0.380 e. The molecule has 72 valence electrons. The molecule has 1 aliphatic heterocycles. The first-order chi connectivity index (χ1) is 5.93. The molecule has 1 aliphatic rings. The molecule has 0 aromatic carbocycles. The third kappa shape index (κ3) is 4.02. The van der Waals surface area contributed by atoms with Crippen LogP contribution in [0.25, 0.3) is 0 Å². The van der Waals surface area contributed by atoms with Gasteiger partial charge in [0.2, 0.25) is 0 Å². The Bertz CT molecular complexity index is 105. The Morgan fingerprint density at radius 2 is 2.33 bits per heavy atom. The van der Waals surface area contributed by atoms with Crippen molar-refractivity contribution in [3.05, 3.63) is 0 Å². The number of halogens is 1. The molecule has 0 bridgehead atoms. The van der Waals surface area contributed by atoms with Gasteiger partial charge in [-0.05, 0) is 25.8 Å². The van der Waals surface area contributed by atoms with Crippen molar-refractivity contribution in [1.29, 1.82) is 0 Å². The van der Waals surface area contributed by atoms with Crippen LogP contribution in [0.1, 0.15) is 25.7 Å². The van der Waals surface area contributed by atoms with Crippen LogP contribution in [0.3, 0.4) is 0 Å². The van der Waals surface area contributed by atoms with E-state index in [0.29, 0.717) is 19.1 Å². The fourth-order valence-corrected chi connectivity index (χ4v) is 1.45. The van der Waals surface area contributed by atoms with E-state index in [2.05, 4.69) is 5.32 Å². The Balaban J connectivity index is 1.91. The lowest BCUT2D eigenvalue weighted by Crippen LogP contribution is -2.37. The number of nitrogens with one attached hydrogen (secondary N) is 1. The molecule has 0 aromatic heterocycles. The van der Waals surface area contributed by atoms with Crippen molar-refractivity contribution in [2.24, 2.45) is 0 Å². The number of ether oxygens (including phenoxy) is 1. The SMILES string of the molecule is FCCCOCC1CCCCN1. The van der Waals surface area contributed by atoms with Gasteiger partial charge in [-0.1, -0.05) is 6.42 Å². The van der Waals surface area contributed by atoms with E-state index in [9.17, 15) is 4.39 Å². The van der Waals surface area contributed by atoms with Gasteiger partial charge in [0.25, 0.3) is 0 Å². The number of hydrogen-bond donors (Lipinski definition) is 1. The average Bonchev–Trinajstić information content (AvgIpc) is 2.14. The second-order valence-electron chi connectivity index (χ2n) is 3.26. The van der Waals surface area contributed by atoms with E-state index in [4.69, 9.17) is 4.74 Å². The topological polar surface area (TPSA) is 21.3 Å². The molecular formula is C9H18FNO. The zero-order chi connectivity index (χ0) is 8.65. The van der Waals surface area contributed by atoms with E-state index >= 15 is 0 Å². The zero-order valence-corrected chi connectivity index (χ0v) is 7.52. The highest BCUT2D eigenvalue weighted by molar-refractivity contribution is 4.71. The van der Waals surface area contributed by atoms with E-state index in [0.717, 1.165) is 13.2 Å². The van der Waals surface area contributed by atoms with Crippen LogP contribution in [-0.2, 0) is 4.74 Å². The summed E-state index contributed by atoms with van der Waals surface area (Å²) in [7, 11) is 0. The van der Waals surface area contributed by atoms with Crippen molar-refractivity contribution >= 4 is 0 Å². The Morgan fingerprint density at radius 3 is 3.00 bits per heavy atom. The third-order valence-electron chi connectivity index (χ3n) is 2.15. The first kappa shape index (κ1) is 9.93. The quantitative estimate of drug-likeness (QED) is 0.639. The molecule has 1 heterocycles. The van der Waals surface area contributed by atoms with Crippen molar-refractivity contribution in [1.82, 2.24) is 5.32 Å². The monoisotopic (exact) mass is 175 g/mol. The standard InChI is InChI=1S/C9H18FNO/c10-5-3-7-12-8-9-4-1-2-6-11-9/h9,11H,1-8H2. The maximum absolute atomic E-state index is 11.7. The summed E-state index contributed by atoms with van der Waals surface area (Å²) in [6, 6.07) is 0.512. The summed E-state index contributed by atoms with van der Waals surface area (Å²) in [6.07, 6.45) is 4.31. The van der Waals surface area contributed by atoms with Crippen LogP contribution in [0.5, 0.6) is 0 Å². The Morgan fingerprint density at radius 1 is 1.42 bits per heavy atom. The highest BCUT2D eigenvalue weighted by Crippen LogP contribution is 2.06. The highest BCUT2D eigenvalue weighted by atomic mass is 19.1. The first-order valence-corrected chi connectivity index (χ1v) is 4.80. The van der Waals surface area contributed by atoms with E-state index in [1.54, 1.807) is 0 Å². The van der Waals surface area contributed by atoms with Crippen LogP contribution in [0.4, 0.5) is 4.39 Å². The molecule has 0 radical (unpaired) electrons. The molecule has 2 nitrogen and oxygen atoms in total. The van der Waals surface area contributed by atoms with E-state index in [1.165, 1.54) is 19.3 Å². The van der Waals surface area contributed by atoms with Crippen LogP contribution in [-0.4, -0.2) is 32.5 Å². The lowest BCUT2D eigenvalue weighted by atomic mass is 10.1. The van der Waals surface area contributed by atoms with Gasteiger partial charge >= 0.3 is 0 Å². The smallest absolute Gasteiger partial charge is 0.0916 e. The lowest BCUT2D eigenvalue weighted by molar-refractivity contribution is 0.0974. The summed E-state index contributed by atoms with van der Waals surface area (Å²) in [5.74, 6) is 0. The van der Waals surface area contributed by atoms with Crippen LogP contribution < -0.4 is 5.32 Å². The van der Waals surface area contributed by atoms with Crippen molar-refractivity contribution < 1.29 is 9.13 Å². The zero-order valence-electron chi connectivity index (χ0n) is 7.52. The van der Waals surface area contributed by atoms with Crippen molar-refractivity contribution in [3.8, 4) is 0 Å². The van der Waals surface area contributed by atoms with Crippen LogP contribution in [0.2, 0.25) is 0 Å². The minimum Gasteiger partial charge on any atom is -0.380 e. The molecule has 1 fully saturated rings. The predicted octanol–water partition coefficient (Wildman–Crippen LogP) is 1.50. The second kappa shape index (κ2) is 6.38. The fourth-order valence-electron chi connectivity index (χ4n) is 1.45. The van der Waals surface area contributed by atoms with Gasteiger partial charge < -0.3 is 10.1 Å². The molecule has 1 saturated heterocycles. The number of hydrogen-bond acceptors (Lipinski definition) is 2. The molecule has 1 atom stereocenters. The Kier molecular flexibility index (Phi) is 5.28. The van der Waals surface area contributed by atoms with Gasteiger partial charge in [0.05, 0.1) is 13.3 Å². The van der Waals surface area contributed by atoms with Crippen molar-refractivity contribution in [2.45, 2.75) is 31.7 Å². The van der Waals surface area contributed by atoms with E-state index in [-0.39, 0.29) is 6.67 Å². The van der Waals surface area contributed by atoms with Gasteiger partial charge in [0.1, 0.15) is 0 Å². The van der Waals surface area contributed by atoms with Crippen molar-refractivity contribution in [3.63, 3.8) is 0 Å². The number of piperidine rings is 1. The highest BCUT2D eigenvalue weighted by Gasteiger charge is 2.11. The molecule has 1 unspecified atom stereocenters. The van der Waals surface area contributed by atoms with Crippen molar-refractivity contribution in [2.75, 3.05) is 26.4 Å². The summed E-state index contributed by atoms with van der Waals surface area (Å²) < 4.78 is 17.0. The fraction of sp³-hybridized carbons (Fsp3) is 1.00. The van der Waals surface area contributed by atoms with Gasteiger partial charge in [-0.15, -0.1) is 0 Å². The normalized spacial score (nSPS) is 24.2. The maximum Gasteiger partial charge on any atom is 0.0916 e.